The molecule has 2 N–H and O–H groups in total. The SMILES string of the molecule is CN=C(NCCOC)NCCc1ccc(Cl)s1.I. The van der Waals surface area contributed by atoms with Crippen LogP contribution in [0, 0.1) is 0 Å². The molecule has 0 amide bonds. The molecular weight excluding hydrogens is 385 g/mol. The van der Waals surface area contributed by atoms with Gasteiger partial charge in [-0.3, -0.25) is 4.99 Å². The molecule has 4 nitrogen and oxygen atoms in total. The van der Waals surface area contributed by atoms with Gasteiger partial charge in [0.25, 0.3) is 0 Å². The Kier molecular flexibility index (Phi) is 10.8. The van der Waals surface area contributed by atoms with Gasteiger partial charge in [-0.05, 0) is 18.6 Å². The number of guanidine groups is 1. The summed E-state index contributed by atoms with van der Waals surface area (Å²) < 4.78 is 5.79. The van der Waals surface area contributed by atoms with E-state index >= 15 is 0 Å². The number of hydrogen-bond donors (Lipinski definition) is 2. The number of hydrogen-bond acceptors (Lipinski definition) is 3. The van der Waals surface area contributed by atoms with E-state index in [9.17, 15) is 0 Å². The summed E-state index contributed by atoms with van der Waals surface area (Å²) in [6.45, 7) is 2.26. The lowest BCUT2D eigenvalue weighted by atomic mass is 10.3. The minimum Gasteiger partial charge on any atom is -0.383 e. The molecule has 0 fully saturated rings. The van der Waals surface area contributed by atoms with E-state index in [4.69, 9.17) is 16.3 Å². The molecule has 1 rings (SSSR count). The van der Waals surface area contributed by atoms with Crippen LogP contribution in [-0.2, 0) is 11.2 Å². The van der Waals surface area contributed by atoms with Gasteiger partial charge in [0.05, 0.1) is 10.9 Å². The highest BCUT2D eigenvalue weighted by Crippen LogP contribution is 2.21. The quantitative estimate of drug-likeness (QED) is 0.332. The van der Waals surface area contributed by atoms with Gasteiger partial charge in [-0.25, -0.2) is 0 Å². The van der Waals surface area contributed by atoms with Crippen molar-refractivity contribution < 1.29 is 4.74 Å². The fourth-order valence-electron chi connectivity index (χ4n) is 1.28. The summed E-state index contributed by atoms with van der Waals surface area (Å²) >= 11 is 7.48. The van der Waals surface area contributed by atoms with Gasteiger partial charge in [-0.15, -0.1) is 35.3 Å². The summed E-state index contributed by atoms with van der Waals surface area (Å²) in [4.78, 5) is 5.39. The molecule has 0 aliphatic carbocycles. The van der Waals surface area contributed by atoms with E-state index in [1.165, 1.54) is 4.88 Å². The highest BCUT2D eigenvalue weighted by Gasteiger charge is 1.99. The van der Waals surface area contributed by atoms with E-state index in [0.717, 1.165) is 29.8 Å². The van der Waals surface area contributed by atoms with Crippen molar-refractivity contribution in [1.29, 1.82) is 0 Å². The molecule has 0 atom stereocenters. The van der Waals surface area contributed by atoms with Crippen molar-refractivity contribution in [2.45, 2.75) is 6.42 Å². The molecule has 0 saturated carbocycles. The van der Waals surface area contributed by atoms with Crippen LogP contribution in [0.3, 0.4) is 0 Å². The molecule has 0 unspecified atom stereocenters. The van der Waals surface area contributed by atoms with E-state index in [1.54, 1.807) is 25.5 Å². The Labute approximate surface area is 134 Å². The largest absolute Gasteiger partial charge is 0.383 e. The molecule has 1 heterocycles. The predicted octanol–water partition coefficient (Wildman–Crippen LogP) is 2.37. The zero-order valence-electron chi connectivity index (χ0n) is 10.5. The summed E-state index contributed by atoms with van der Waals surface area (Å²) in [5, 5.41) is 6.39. The maximum absolute atomic E-state index is 5.86. The molecule has 18 heavy (non-hydrogen) atoms. The fraction of sp³-hybridized carbons (Fsp3) is 0.545. The van der Waals surface area contributed by atoms with Gasteiger partial charge in [0.15, 0.2) is 5.96 Å². The van der Waals surface area contributed by atoms with Gasteiger partial charge in [-0.2, -0.15) is 0 Å². The number of nitrogens with one attached hydrogen (secondary N) is 2. The highest BCUT2D eigenvalue weighted by atomic mass is 127. The lowest BCUT2D eigenvalue weighted by Crippen LogP contribution is -2.39. The Morgan fingerprint density at radius 3 is 2.67 bits per heavy atom. The highest BCUT2D eigenvalue weighted by molar-refractivity contribution is 14.0. The van der Waals surface area contributed by atoms with Gasteiger partial charge in [0.2, 0.25) is 0 Å². The summed E-state index contributed by atoms with van der Waals surface area (Å²) in [6, 6.07) is 3.98. The first-order chi connectivity index (χ1) is 8.26. The van der Waals surface area contributed by atoms with Crippen molar-refractivity contribution in [3.05, 3.63) is 21.3 Å². The van der Waals surface area contributed by atoms with E-state index in [2.05, 4.69) is 21.7 Å². The van der Waals surface area contributed by atoms with E-state index in [-0.39, 0.29) is 24.0 Å². The maximum Gasteiger partial charge on any atom is 0.191 e. The molecule has 0 aliphatic heterocycles. The Hall–Kier alpha value is -0.0500. The first-order valence-corrected chi connectivity index (χ1v) is 6.63. The number of rotatable bonds is 6. The molecular formula is C11H19ClIN3OS. The summed E-state index contributed by atoms with van der Waals surface area (Å²) in [6.07, 6.45) is 0.947. The van der Waals surface area contributed by atoms with Crippen molar-refractivity contribution in [3.8, 4) is 0 Å². The lowest BCUT2D eigenvalue weighted by Gasteiger charge is -2.10. The zero-order chi connectivity index (χ0) is 12.5. The first-order valence-electron chi connectivity index (χ1n) is 5.44. The molecule has 104 valence electrons. The number of nitrogens with zero attached hydrogens (tertiary/aromatic N) is 1. The molecule has 0 aromatic carbocycles. The van der Waals surface area contributed by atoms with Crippen molar-refractivity contribution >= 4 is 52.9 Å². The Morgan fingerprint density at radius 1 is 1.39 bits per heavy atom. The van der Waals surface area contributed by atoms with E-state index < -0.39 is 0 Å². The number of ether oxygens (including phenoxy) is 1. The molecule has 7 heteroatoms. The molecule has 0 aliphatic rings. The average molecular weight is 404 g/mol. The maximum atomic E-state index is 5.86. The topological polar surface area (TPSA) is 45.7 Å². The van der Waals surface area contributed by atoms with Gasteiger partial charge >= 0.3 is 0 Å². The molecule has 0 spiro atoms. The fourth-order valence-corrected chi connectivity index (χ4v) is 2.37. The van der Waals surface area contributed by atoms with Crippen molar-refractivity contribution in [3.63, 3.8) is 0 Å². The predicted molar refractivity (Wildman–Crippen MR) is 89.7 cm³/mol. The number of methoxy groups -OCH3 is 1. The normalized spacial score (nSPS) is 10.9. The third kappa shape index (κ3) is 7.40. The van der Waals surface area contributed by atoms with Crippen molar-refractivity contribution in [2.24, 2.45) is 4.99 Å². The van der Waals surface area contributed by atoms with Crippen LogP contribution >= 0.6 is 46.9 Å². The minimum atomic E-state index is 0. The molecule has 1 aromatic heterocycles. The van der Waals surface area contributed by atoms with E-state index in [0.29, 0.717) is 6.61 Å². The lowest BCUT2D eigenvalue weighted by molar-refractivity contribution is 0.203. The average Bonchev–Trinajstić information content (AvgIpc) is 2.73. The second kappa shape index (κ2) is 10.8. The zero-order valence-corrected chi connectivity index (χ0v) is 14.4. The second-order valence-electron chi connectivity index (χ2n) is 3.37. The summed E-state index contributed by atoms with van der Waals surface area (Å²) in [7, 11) is 3.43. The van der Waals surface area contributed by atoms with Crippen LogP contribution in [0.4, 0.5) is 0 Å². The van der Waals surface area contributed by atoms with Gasteiger partial charge < -0.3 is 15.4 Å². The second-order valence-corrected chi connectivity index (χ2v) is 5.17. The van der Waals surface area contributed by atoms with Crippen LogP contribution in [-0.4, -0.2) is 39.8 Å². The van der Waals surface area contributed by atoms with Gasteiger partial charge in [0.1, 0.15) is 0 Å². The summed E-state index contributed by atoms with van der Waals surface area (Å²) in [5.41, 5.74) is 0. The standard InChI is InChI=1S/C11H18ClN3OS.HI/c1-13-11(15-7-8-16-2)14-6-5-9-3-4-10(12)17-9;/h3-4H,5-8H2,1-2H3,(H2,13,14,15);1H. The van der Waals surface area contributed by atoms with E-state index in [1.807, 2.05) is 6.07 Å². The van der Waals surface area contributed by atoms with Crippen LogP contribution < -0.4 is 10.6 Å². The molecule has 1 aromatic rings. The van der Waals surface area contributed by atoms with Crippen LogP contribution in [0.5, 0.6) is 0 Å². The van der Waals surface area contributed by atoms with Gasteiger partial charge in [0, 0.05) is 32.1 Å². The first kappa shape index (κ1) is 17.9. The van der Waals surface area contributed by atoms with Crippen LogP contribution in [0.25, 0.3) is 0 Å². The molecule has 0 bridgehead atoms. The van der Waals surface area contributed by atoms with Crippen LogP contribution in [0.2, 0.25) is 4.34 Å². The Balaban J connectivity index is 0.00000289. The number of aliphatic imine (C=N–C) groups is 1. The monoisotopic (exact) mass is 403 g/mol. The van der Waals surface area contributed by atoms with Crippen molar-refractivity contribution in [1.82, 2.24) is 10.6 Å². The van der Waals surface area contributed by atoms with Crippen LogP contribution in [0.15, 0.2) is 17.1 Å². The van der Waals surface area contributed by atoms with Crippen molar-refractivity contribution in [2.75, 3.05) is 33.9 Å². The summed E-state index contributed by atoms with van der Waals surface area (Å²) in [5.74, 6) is 0.796. The van der Waals surface area contributed by atoms with Crippen LogP contribution in [0.1, 0.15) is 4.88 Å². The molecule has 0 saturated heterocycles. The third-order valence-electron chi connectivity index (χ3n) is 2.11. The van der Waals surface area contributed by atoms with Gasteiger partial charge in [-0.1, -0.05) is 11.6 Å². The smallest absolute Gasteiger partial charge is 0.191 e. The Morgan fingerprint density at radius 2 is 2.11 bits per heavy atom. The number of thiophene rings is 1. The number of halogens is 2. The molecule has 0 radical (unpaired) electrons. The Bertz CT molecular complexity index is 360. The minimum absolute atomic E-state index is 0. The third-order valence-corrected chi connectivity index (χ3v) is 3.41.